The van der Waals surface area contributed by atoms with Gasteiger partial charge in [0, 0.05) is 38.9 Å². The van der Waals surface area contributed by atoms with Crippen LogP contribution >= 0.6 is 0 Å². The number of nitrogens with one attached hydrogen (secondary N) is 1. The van der Waals surface area contributed by atoms with Crippen molar-refractivity contribution in [2.45, 2.75) is 104 Å². The number of carbonyl (C=O) groups is 1. The van der Waals surface area contributed by atoms with Crippen molar-refractivity contribution in [1.82, 2.24) is 29.6 Å². The lowest BCUT2D eigenvalue weighted by molar-refractivity contribution is 0.0886. The van der Waals surface area contributed by atoms with E-state index in [1.165, 1.54) is 0 Å². The Morgan fingerprint density at radius 2 is 1.74 bits per heavy atom. The molecule has 0 radical (unpaired) electrons. The average molecular weight is 623 g/mol. The lowest BCUT2D eigenvalue weighted by Crippen LogP contribution is -2.40. The fourth-order valence-electron chi connectivity index (χ4n) is 4.45. The van der Waals surface area contributed by atoms with Gasteiger partial charge in [-0.15, -0.1) is 0 Å². The van der Waals surface area contributed by atoms with E-state index in [4.69, 9.17) is 24.2 Å². The molecule has 3 heterocycles. The molecule has 11 heteroatoms. The number of nitrogens with zero attached hydrogens (tertiary/aromatic N) is 5. The van der Waals surface area contributed by atoms with Gasteiger partial charge in [0.1, 0.15) is 23.6 Å². The minimum absolute atomic E-state index is 0.133. The Bertz CT molecular complexity index is 1620. The summed E-state index contributed by atoms with van der Waals surface area (Å²) < 4.78 is 16.3. The number of carbonyl (C=O) groups excluding carboxylic acids is 1. The van der Waals surface area contributed by atoms with Gasteiger partial charge in [-0.2, -0.15) is 5.10 Å². The number of benzene rings is 1. The first-order valence-corrected chi connectivity index (χ1v) is 21.7. The number of ether oxygens (including phenoxy) is 1. The molecular formula is C32H50N6O3Si2. The summed E-state index contributed by atoms with van der Waals surface area (Å²) in [5.74, 6) is -0.194. The van der Waals surface area contributed by atoms with Crippen LogP contribution in [-0.2, 0) is 29.5 Å². The molecule has 0 aliphatic heterocycles. The first-order valence-electron chi connectivity index (χ1n) is 15.1. The summed E-state index contributed by atoms with van der Waals surface area (Å²) in [7, 11) is -1.20. The Morgan fingerprint density at radius 1 is 1.05 bits per heavy atom. The quantitative estimate of drug-likeness (QED) is 0.147. The summed E-state index contributed by atoms with van der Waals surface area (Å²) in [5, 5.41) is 9.02. The highest BCUT2D eigenvalue weighted by atomic mass is 28.4. The molecule has 43 heavy (non-hydrogen) atoms. The van der Waals surface area contributed by atoms with Crippen molar-refractivity contribution < 1.29 is 14.0 Å². The highest BCUT2D eigenvalue weighted by Crippen LogP contribution is 2.37. The van der Waals surface area contributed by atoms with Crippen LogP contribution in [0.2, 0.25) is 43.8 Å². The Kier molecular flexibility index (Phi) is 9.15. The zero-order valence-electron chi connectivity index (χ0n) is 28.2. The number of aromatic nitrogens is 5. The zero-order valence-corrected chi connectivity index (χ0v) is 30.2. The third kappa shape index (κ3) is 7.81. The molecule has 0 fully saturated rings. The molecule has 4 aromatic rings. The summed E-state index contributed by atoms with van der Waals surface area (Å²) in [4.78, 5) is 23.2. The second kappa shape index (κ2) is 11.9. The van der Waals surface area contributed by atoms with E-state index in [1.54, 1.807) is 12.4 Å². The van der Waals surface area contributed by atoms with Gasteiger partial charge in [-0.1, -0.05) is 46.5 Å². The lowest BCUT2D eigenvalue weighted by Gasteiger charge is -2.36. The zero-order chi connectivity index (χ0) is 32.0. The summed E-state index contributed by atoms with van der Waals surface area (Å²) in [6, 6.07) is 7.39. The van der Waals surface area contributed by atoms with Gasteiger partial charge < -0.3 is 19.0 Å². The lowest BCUT2D eigenvalue weighted by atomic mass is 10.1. The smallest absolute Gasteiger partial charge is 0.255 e. The molecule has 0 saturated carbocycles. The largest absolute Gasteiger partial charge is 0.413 e. The average Bonchev–Trinajstić information content (AvgIpc) is 3.40. The molecule has 0 unspecified atom stereocenters. The Labute approximate surface area is 258 Å². The van der Waals surface area contributed by atoms with Crippen molar-refractivity contribution in [3.63, 3.8) is 0 Å². The molecule has 4 rings (SSSR count). The van der Waals surface area contributed by atoms with Crippen molar-refractivity contribution in [2.75, 3.05) is 6.61 Å². The molecule has 1 N–H and O–H groups in total. The minimum Gasteiger partial charge on any atom is -0.413 e. The molecule has 0 atom stereocenters. The van der Waals surface area contributed by atoms with Gasteiger partial charge in [-0.25, -0.2) is 9.97 Å². The van der Waals surface area contributed by atoms with E-state index in [1.807, 2.05) is 37.1 Å². The normalized spacial score (nSPS) is 13.3. The highest BCUT2D eigenvalue weighted by Gasteiger charge is 2.37. The first-order chi connectivity index (χ1) is 19.8. The number of amides is 1. The Balaban J connectivity index is 1.73. The topological polar surface area (TPSA) is 96.1 Å². The van der Waals surface area contributed by atoms with E-state index >= 15 is 0 Å². The van der Waals surface area contributed by atoms with E-state index in [-0.39, 0.29) is 10.9 Å². The molecule has 9 nitrogen and oxygen atoms in total. The molecule has 234 valence electrons. The second-order valence-corrected chi connectivity index (χ2v) is 25.8. The van der Waals surface area contributed by atoms with E-state index in [2.05, 4.69) is 77.0 Å². The third-order valence-electron chi connectivity index (χ3n) is 8.09. The summed E-state index contributed by atoms with van der Waals surface area (Å²) in [6.45, 7) is 25.7. The monoisotopic (exact) mass is 622 g/mol. The van der Waals surface area contributed by atoms with Crippen LogP contribution in [0.25, 0.3) is 33.5 Å². The van der Waals surface area contributed by atoms with Crippen molar-refractivity contribution in [1.29, 1.82) is 0 Å². The van der Waals surface area contributed by atoms with E-state index < -0.39 is 21.9 Å². The van der Waals surface area contributed by atoms with Crippen LogP contribution < -0.4 is 5.32 Å². The van der Waals surface area contributed by atoms with E-state index in [0.717, 1.165) is 28.2 Å². The molecule has 1 aromatic carbocycles. The molecule has 0 bridgehead atoms. The molecule has 0 saturated heterocycles. The maximum Gasteiger partial charge on any atom is 0.255 e. The molecule has 1 amide bonds. The SMILES string of the molecule is Cn1nc(-c2cnc3c(n2)c(C(=O)NC(C)(C)C)cn3COCC[Si](C)(C)C)c2cc(CO[Si](C)(C)C(C)(C)C)ccc21. The van der Waals surface area contributed by atoms with Crippen molar-refractivity contribution in [2.24, 2.45) is 7.05 Å². The van der Waals surface area contributed by atoms with Gasteiger partial charge in [-0.05, 0) is 62.6 Å². The standard InChI is InChI=1S/C32H50N6O3Si2/c1-31(2,3)35-30(39)24-19-38(21-40-15-16-42(8,9)10)29-28(24)34-25(18-33-29)27-23-17-22(13-14-26(23)37(7)36-27)20-41-43(11,12)32(4,5)6/h13-14,17-19H,15-16,20-21H2,1-12H3,(H,35,39). The van der Waals surface area contributed by atoms with Crippen molar-refractivity contribution in [3.05, 3.63) is 41.7 Å². The van der Waals surface area contributed by atoms with Crippen molar-refractivity contribution >= 4 is 44.4 Å². The number of rotatable bonds is 10. The number of fused-ring (bicyclic) bond motifs is 2. The van der Waals surface area contributed by atoms with Crippen LogP contribution in [0.1, 0.15) is 57.5 Å². The number of aryl methyl sites for hydroxylation is 1. The number of hydrogen-bond acceptors (Lipinski definition) is 6. The fraction of sp³-hybridized carbons (Fsp3) is 0.562. The van der Waals surface area contributed by atoms with Crippen LogP contribution in [0.15, 0.2) is 30.6 Å². The highest BCUT2D eigenvalue weighted by molar-refractivity contribution is 6.76. The van der Waals surface area contributed by atoms with Crippen LogP contribution in [-0.4, -0.2) is 58.8 Å². The van der Waals surface area contributed by atoms with Gasteiger partial charge >= 0.3 is 0 Å². The van der Waals surface area contributed by atoms with E-state index in [0.29, 0.717) is 42.4 Å². The van der Waals surface area contributed by atoms with E-state index in [9.17, 15) is 4.79 Å². The van der Waals surface area contributed by atoms with Gasteiger partial charge in [0.2, 0.25) is 0 Å². The van der Waals surface area contributed by atoms with Gasteiger partial charge in [0.25, 0.3) is 5.91 Å². The third-order valence-corrected chi connectivity index (χ3v) is 14.3. The van der Waals surface area contributed by atoms with Gasteiger partial charge in [0.05, 0.1) is 23.9 Å². The molecule has 0 aliphatic carbocycles. The second-order valence-electron chi connectivity index (χ2n) is 15.4. The predicted molar refractivity (Wildman–Crippen MR) is 181 cm³/mol. The first kappa shape index (κ1) is 33.0. The van der Waals surface area contributed by atoms with Crippen LogP contribution in [0, 0.1) is 0 Å². The molecule has 0 aliphatic rings. The van der Waals surface area contributed by atoms with Gasteiger partial charge in [-0.3, -0.25) is 9.48 Å². The maximum absolute atomic E-state index is 13.4. The number of hydrogen-bond donors (Lipinski definition) is 1. The fourth-order valence-corrected chi connectivity index (χ4v) is 6.17. The minimum atomic E-state index is -1.90. The molecular weight excluding hydrogens is 573 g/mol. The molecule has 3 aromatic heterocycles. The van der Waals surface area contributed by atoms with Crippen LogP contribution in [0.3, 0.4) is 0 Å². The predicted octanol–water partition coefficient (Wildman–Crippen LogP) is 7.35. The maximum atomic E-state index is 13.4. The van der Waals surface area contributed by atoms with Crippen LogP contribution in [0.4, 0.5) is 0 Å². The Morgan fingerprint density at radius 3 is 2.37 bits per heavy atom. The summed E-state index contributed by atoms with van der Waals surface area (Å²) in [6.07, 6.45) is 3.55. The van der Waals surface area contributed by atoms with Gasteiger partial charge in [0.15, 0.2) is 14.0 Å². The Hall–Kier alpha value is -2.87. The summed E-state index contributed by atoms with van der Waals surface area (Å²) >= 11 is 0. The molecule has 0 spiro atoms. The summed E-state index contributed by atoms with van der Waals surface area (Å²) in [5.41, 5.74) is 4.63. The van der Waals surface area contributed by atoms with Crippen LogP contribution in [0.5, 0.6) is 0 Å². The van der Waals surface area contributed by atoms with Crippen molar-refractivity contribution in [3.8, 4) is 11.4 Å².